The summed E-state index contributed by atoms with van der Waals surface area (Å²) >= 11 is 0. The molecule has 28 heavy (non-hydrogen) atoms. The molecule has 1 aliphatic rings. The molecular formula is C20H36N2O6. The van der Waals surface area contributed by atoms with Gasteiger partial charge in [0.1, 0.15) is 12.2 Å². The Balaban J connectivity index is 2.95. The molecular weight excluding hydrogens is 364 g/mol. The number of hydrogen-bond acceptors (Lipinski definition) is 6. The van der Waals surface area contributed by atoms with Crippen molar-refractivity contribution >= 4 is 18.1 Å². The quantitative estimate of drug-likeness (QED) is 0.706. The van der Waals surface area contributed by atoms with E-state index in [1.54, 1.807) is 27.8 Å². The minimum absolute atomic E-state index is 0.0438. The van der Waals surface area contributed by atoms with Gasteiger partial charge in [0, 0.05) is 7.05 Å². The molecule has 1 aliphatic heterocycles. The number of imide groups is 1. The van der Waals surface area contributed by atoms with Gasteiger partial charge in [0.15, 0.2) is 0 Å². The summed E-state index contributed by atoms with van der Waals surface area (Å²) in [6, 6.07) is -0.974. The number of cyclic esters (lactones) is 1. The molecule has 1 fully saturated rings. The van der Waals surface area contributed by atoms with Gasteiger partial charge in [0.25, 0.3) is 0 Å². The van der Waals surface area contributed by atoms with Crippen LogP contribution in [0.2, 0.25) is 0 Å². The van der Waals surface area contributed by atoms with E-state index in [2.05, 4.69) is 0 Å². The lowest BCUT2D eigenvalue weighted by atomic mass is 9.91. The molecule has 8 heteroatoms. The van der Waals surface area contributed by atoms with Gasteiger partial charge in [0.2, 0.25) is 5.91 Å². The molecule has 1 heterocycles. The number of rotatable bonds is 7. The lowest BCUT2D eigenvalue weighted by molar-refractivity contribution is -0.133. The van der Waals surface area contributed by atoms with E-state index in [0.29, 0.717) is 6.42 Å². The first kappa shape index (κ1) is 24.2. The summed E-state index contributed by atoms with van der Waals surface area (Å²) in [4.78, 5) is 39.7. The van der Waals surface area contributed by atoms with Crippen LogP contribution in [0, 0.1) is 11.8 Å². The third kappa shape index (κ3) is 6.09. The average molecular weight is 401 g/mol. The summed E-state index contributed by atoms with van der Waals surface area (Å²) in [6.45, 7) is 13.1. The summed E-state index contributed by atoms with van der Waals surface area (Å²) < 4.78 is 10.4. The van der Waals surface area contributed by atoms with Gasteiger partial charge in [0.05, 0.1) is 24.6 Å². The summed E-state index contributed by atoms with van der Waals surface area (Å²) in [5.41, 5.74) is -0.671. The Kier molecular flexibility index (Phi) is 8.29. The molecule has 0 bridgehead atoms. The van der Waals surface area contributed by atoms with Crippen molar-refractivity contribution in [3.8, 4) is 0 Å². The Morgan fingerprint density at radius 3 is 2.36 bits per heavy atom. The molecule has 0 aliphatic carbocycles. The smallest absolute Gasteiger partial charge is 0.416 e. The lowest BCUT2D eigenvalue weighted by Gasteiger charge is -2.37. The molecule has 0 aromatic carbocycles. The van der Waals surface area contributed by atoms with Gasteiger partial charge < -0.3 is 19.5 Å². The maximum atomic E-state index is 12.7. The van der Waals surface area contributed by atoms with Crippen LogP contribution in [0.25, 0.3) is 0 Å². The maximum Gasteiger partial charge on any atom is 0.416 e. The fourth-order valence-electron chi connectivity index (χ4n) is 3.33. The minimum atomic E-state index is -1.14. The summed E-state index contributed by atoms with van der Waals surface area (Å²) in [6.07, 6.45) is -1.97. The zero-order valence-electron chi connectivity index (χ0n) is 18.4. The third-order valence-electron chi connectivity index (χ3n) is 5.08. The number of likely N-dealkylation sites (N-methyl/N-ethyl adjacent to an activating group) is 1. The number of nitrogens with zero attached hydrogens (tertiary/aromatic N) is 2. The molecule has 4 atom stereocenters. The highest BCUT2D eigenvalue weighted by molar-refractivity contribution is 5.93. The number of hydrogen-bond donors (Lipinski definition) is 1. The lowest BCUT2D eigenvalue weighted by Crippen LogP contribution is -2.52. The van der Waals surface area contributed by atoms with Crippen LogP contribution in [0.4, 0.5) is 9.59 Å². The molecule has 3 amide bonds. The van der Waals surface area contributed by atoms with E-state index in [1.165, 1.54) is 4.90 Å². The topological polar surface area (TPSA) is 96.4 Å². The molecule has 1 N–H and O–H groups in total. The standard InChI is InChI=1S/C20H36N2O6/c1-9-13(4)17(21(8)18(25)28-20(5,6)7)15(23)10-16(24)22-14(12(2)3)11-27-19(22)26/h12-15,17,23H,9-11H2,1-8H3/t13-,14+,15+,17-/m0/s1. The van der Waals surface area contributed by atoms with Crippen LogP contribution >= 0.6 is 0 Å². The van der Waals surface area contributed by atoms with Crippen molar-refractivity contribution in [1.29, 1.82) is 0 Å². The van der Waals surface area contributed by atoms with Crippen molar-refractivity contribution in [2.75, 3.05) is 13.7 Å². The van der Waals surface area contributed by atoms with Crippen molar-refractivity contribution in [3.63, 3.8) is 0 Å². The van der Waals surface area contributed by atoms with Gasteiger partial charge in [-0.15, -0.1) is 0 Å². The van der Waals surface area contributed by atoms with Gasteiger partial charge >= 0.3 is 12.2 Å². The van der Waals surface area contributed by atoms with E-state index in [9.17, 15) is 19.5 Å². The average Bonchev–Trinajstić information content (AvgIpc) is 2.94. The van der Waals surface area contributed by atoms with Crippen LogP contribution in [0.5, 0.6) is 0 Å². The molecule has 1 rings (SSSR count). The van der Waals surface area contributed by atoms with E-state index in [-0.39, 0.29) is 30.9 Å². The molecule has 0 aromatic heterocycles. The van der Waals surface area contributed by atoms with Gasteiger partial charge in [-0.05, 0) is 32.6 Å². The molecule has 0 saturated carbocycles. The molecule has 0 aromatic rings. The van der Waals surface area contributed by atoms with E-state index in [4.69, 9.17) is 9.47 Å². The molecule has 1 saturated heterocycles. The van der Waals surface area contributed by atoms with E-state index in [0.717, 1.165) is 4.90 Å². The number of amides is 3. The second-order valence-corrected chi connectivity index (χ2v) is 8.89. The Morgan fingerprint density at radius 2 is 1.89 bits per heavy atom. The predicted octanol–water partition coefficient (Wildman–Crippen LogP) is 3.02. The monoisotopic (exact) mass is 400 g/mol. The van der Waals surface area contributed by atoms with Crippen LogP contribution in [0.15, 0.2) is 0 Å². The third-order valence-corrected chi connectivity index (χ3v) is 5.08. The Morgan fingerprint density at radius 1 is 1.32 bits per heavy atom. The molecule has 162 valence electrons. The van der Waals surface area contributed by atoms with Gasteiger partial charge in [-0.25, -0.2) is 14.5 Å². The number of aliphatic hydroxyl groups is 1. The van der Waals surface area contributed by atoms with E-state index < -0.39 is 35.8 Å². The van der Waals surface area contributed by atoms with Crippen molar-refractivity contribution in [3.05, 3.63) is 0 Å². The number of aliphatic hydroxyl groups excluding tert-OH is 1. The minimum Gasteiger partial charge on any atom is -0.447 e. The van der Waals surface area contributed by atoms with Crippen LogP contribution in [-0.2, 0) is 14.3 Å². The SMILES string of the molecule is CC[C@H](C)[C@@H]([C@H](O)CC(=O)N1C(=O)OC[C@@H]1C(C)C)N(C)C(=O)OC(C)(C)C. The first-order valence-electron chi connectivity index (χ1n) is 9.92. The highest BCUT2D eigenvalue weighted by Gasteiger charge is 2.42. The first-order valence-corrected chi connectivity index (χ1v) is 9.92. The second-order valence-electron chi connectivity index (χ2n) is 8.89. The molecule has 8 nitrogen and oxygen atoms in total. The second kappa shape index (κ2) is 9.58. The largest absolute Gasteiger partial charge is 0.447 e. The van der Waals surface area contributed by atoms with Crippen LogP contribution in [-0.4, -0.2) is 70.4 Å². The fraction of sp³-hybridized carbons (Fsp3) is 0.850. The summed E-state index contributed by atoms with van der Waals surface area (Å²) in [7, 11) is 1.56. The number of carbonyl (C=O) groups is 3. The van der Waals surface area contributed by atoms with Crippen molar-refractivity contribution in [2.45, 2.75) is 85.1 Å². The van der Waals surface area contributed by atoms with Gasteiger partial charge in [-0.3, -0.25) is 4.79 Å². The van der Waals surface area contributed by atoms with Gasteiger partial charge in [-0.2, -0.15) is 0 Å². The molecule has 0 unspecified atom stereocenters. The summed E-state index contributed by atoms with van der Waals surface area (Å²) in [5.74, 6) is -0.534. The normalized spacial score (nSPS) is 20.6. The summed E-state index contributed by atoms with van der Waals surface area (Å²) in [5, 5.41) is 10.8. The van der Waals surface area contributed by atoms with Crippen LogP contribution in [0.1, 0.15) is 61.3 Å². The highest BCUT2D eigenvalue weighted by Crippen LogP contribution is 2.25. The van der Waals surface area contributed by atoms with Crippen molar-refractivity contribution in [1.82, 2.24) is 9.80 Å². The van der Waals surface area contributed by atoms with E-state index in [1.807, 2.05) is 27.7 Å². The zero-order valence-corrected chi connectivity index (χ0v) is 18.4. The highest BCUT2D eigenvalue weighted by atomic mass is 16.6. The number of ether oxygens (including phenoxy) is 2. The fourth-order valence-corrected chi connectivity index (χ4v) is 3.33. The number of carbonyl (C=O) groups excluding carboxylic acids is 3. The van der Waals surface area contributed by atoms with Gasteiger partial charge in [-0.1, -0.05) is 34.1 Å². The molecule has 0 spiro atoms. The Labute approximate surface area is 168 Å². The van der Waals surface area contributed by atoms with Crippen molar-refractivity contribution < 1.29 is 29.0 Å². The van der Waals surface area contributed by atoms with Crippen molar-refractivity contribution in [2.24, 2.45) is 11.8 Å². The zero-order chi connectivity index (χ0) is 21.8. The Bertz CT molecular complexity index is 572. The Hall–Kier alpha value is -1.83. The van der Waals surface area contributed by atoms with Crippen LogP contribution < -0.4 is 0 Å². The molecule has 0 radical (unpaired) electrons. The van der Waals surface area contributed by atoms with E-state index >= 15 is 0 Å². The maximum absolute atomic E-state index is 12.7. The van der Waals surface area contributed by atoms with Crippen LogP contribution in [0.3, 0.4) is 0 Å². The first-order chi connectivity index (χ1) is 12.8. The predicted molar refractivity (Wildman–Crippen MR) is 105 cm³/mol.